The summed E-state index contributed by atoms with van der Waals surface area (Å²) in [7, 11) is 1.54. The first-order valence-corrected chi connectivity index (χ1v) is 9.08. The van der Waals surface area contributed by atoms with E-state index in [0.717, 1.165) is 11.1 Å². The van der Waals surface area contributed by atoms with Gasteiger partial charge in [0.25, 0.3) is 5.91 Å². The number of hydrogen-bond donors (Lipinski definition) is 2. The number of benzene rings is 2. The van der Waals surface area contributed by atoms with Gasteiger partial charge in [-0.1, -0.05) is 48.6 Å². The van der Waals surface area contributed by atoms with Crippen LogP contribution in [0.2, 0.25) is 0 Å². The van der Waals surface area contributed by atoms with Gasteiger partial charge in [-0.3, -0.25) is 9.59 Å². The first-order chi connectivity index (χ1) is 13.5. The molecule has 2 N–H and O–H groups in total. The Bertz CT molecular complexity index is 819. The Morgan fingerprint density at radius 1 is 1.11 bits per heavy atom. The van der Waals surface area contributed by atoms with E-state index in [0.29, 0.717) is 18.0 Å². The molecule has 2 aromatic rings. The van der Waals surface area contributed by atoms with Crippen molar-refractivity contribution in [3.63, 3.8) is 0 Å². The quantitative estimate of drug-likeness (QED) is 0.699. The average Bonchev–Trinajstić information content (AvgIpc) is 2.71. The van der Waals surface area contributed by atoms with E-state index < -0.39 is 6.04 Å². The van der Waals surface area contributed by atoms with Crippen LogP contribution in [0.3, 0.4) is 0 Å². The van der Waals surface area contributed by atoms with E-state index in [1.807, 2.05) is 61.5 Å². The van der Waals surface area contributed by atoms with Crippen LogP contribution in [0.4, 0.5) is 0 Å². The summed E-state index contributed by atoms with van der Waals surface area (Å²) in [5.74, 6) is 0.358. The summed E-state index contributed by atoms with van der Waals surface area (Å²) < 4.78 is 10.8. The van der Waals surface area contributed by atoms with Gasteiger partial charge in [-0.15, -0.1) is 0 Å². The van der Waals surface area contributed by atoms with Gasteiger partial charge in [0.15, 0.2) is 18.1 Å². The van der Waals surface area contributed by atoms with Gasteiger partial charge in [-0.25, -0.2) is 0 Å². The highest BCUT2D eigenvalue weighted by molar-refractivity contribution is 5.87. The molecule has 1 unspecified atom stereocenters. The number of carbonyl (C=O) groups excluding carboxylic acids is 2. The molecule has 0 aliphatic heterocycles. The zero-order valence-electron chi connectivity index (χ0n) is 16.4. The molecular formula is C22H26N2O4. The maximum atomic E-state index is 12.1. The van der Waals surface area contributed by atoms with E-state index >= 15 is 0 Å². The van der Waals surface area contributed by atoms with E-state index in [1.54, 1.807) is 20.1 Å². The second kappa shape index (κ2) is 10.8. The van der Waals surface area contributed by atoms with Crippen LogP contribution >= 0.6 is 0 Å². The zero-order chi connectivity index (χ0) is 20.4. The minimum atomic E-state index is -0.668. The minimum Gasteiger partial charge on any atom is -0.493 e. The lowest BCUT2D eigenvalue weighted by Crippen LogP contribution is -2.46. The number of rotatable bonds is 9. The van der Waals surface area contributed by atoms with Crippen molar-refractivity contribution in [1.29, 1.82) is 0 Å². The molecular weight excluding hydrogens is 356 g/mol. The molecule has 0 aliphatic rings. The van der Waals surface area contributed by atoms with Crippen molar-refractivity contribution < 1.29 is 19.1 Å². The van der Waals surface area contributed by atoms with Gasteiger partial charge >= 0.3 is 0 Å². The Morgan fingerprint density at radius 2 is 1.86 bits per heavy atom. The van der Waals surface area contributed by atoms with E-state index in [2.05, 4.69) is 10.6 Å². The molecule has 148 valence electrons. The molecule has 1 atom stereocenters. The number of carbonyl (C=O) groups is 2. The fourth-order valence-corrected chi connectivity index (χ4v) is 2.53. The molecule has 0 heterocycles. The Morgan fingerprint density at radius 3 is 2.54 bits per heavy atom. The smallest absolute Gasteiger partial charge is 0.258 e. The van der Waals surface area contributed by atoms with Crippen molar-refractivity contribution >= 4 is 17.9 Å². The third-order valence-electron chi connectivity index (χ3n) is 3.99. The van der Waals surface area contributed by atoms with Crippen molar-refractivity contribution in [3.05, 3.63) is 65.7 Å². The second-order valence-corrected chi connectivity index (χ2v) is 6.19. The molecule has 0 saturated carbocycles. The average molecular weight is 382 g/mol. The highest BCUT2D eigenvalue weighted by Gasteiger charge is 2.16. The van der Waals surface area contributed by atoms with Crippen LogP contribution < -0.4 is 20.1 Å². The van der Waals surface area contributed by atoms with Crippen molar-refractivity contribution in [2.45, 2.75) is 26.4 Å². The Kier molecular flexibility index (Phi) is 8.09. The minimum absolute atomic E-state index is 0.213. The van der Waals surface area contributed by atoms with Gasteiger partial charge in [0.1, 0.15) is 6.04 Å². The number of methoxy groups -OCH3 is 1. The summed E-state index contributed by atoms with van der Waals surface area (Å²) in [6.07, 6.45) is 3.86. The highest BCUT2D eigenvalue weighted by atomic mass is 16.5. The third-order valence-corrected chi connectivity index (χ3v) is 3.99. The second-order valence-electron chi connectivity index (χ2n) is 6.19. The molecule has 0 aliphatic carbocycles. The third kappa shape index (κ3) is 6.46. The van der Waals surface area contributed by atoms with Crippen molar-refractivity contribution in [2.24, 2.45) is 0 Å². The molecule has 6 heteroatoms. The monoisotopic (exact) mass is 382 g/mol. The molecule has 0 saturated heterocycles. The van der Waals surface area contributed by atoms with Crippen LogP contribution in [0.1, 0.15) is 25.0 Å². The number of allylic oxidation sites excluding steroid dienone is 1. The van der Waals surface area contributed by atoms with Crippen LogP contribution in [-0.4, -0.2) is 31.6 Å². The molecule has 0 bridgehead atoms. The van der Waals surface area contributed by atoms with Crippen molar-refractivity contribution in [1.82, 2.24) is 10.6 Å². The predicted molar refractivity (Wildman–Crippen MR) is 109 cm³/mol. The highest BCUT2D eigenvalue weighted by Crippen LogP contribution is 2.28. The van der Waals surface area contributed by atoms with Gasteiger partial charge in [-0.05, 0) is 37.1 Å². The van der Waals surface area contributed by atoms with E-state index in [4.69, 9.17) is 9.47 Å². The molecule has 0 radical (unpaired) electrons. The summed E-state index contributed by atoms with van der Waals surface area (Å²) in [5, 5.41) is 5.42. The Labute approximate surface area is 165 Å². The number of hydrogen-bond acceptors (Lipinski definition) is 4. The number of amides is 2. The molecule has 0 fully saturated rings. The molecule has 2 aromatic carbocycles. The number of nitrogens with one attached hydrogen (secondary N) is 2. The maximum Gasteiger partial charge on any atom is 0.258 e. The lowest BCUT2D eigenvalue weighted by Gasteiger charge is -2.15. The first-order valence-electron chi connectivity index (χ1n) is 9.08. The molecule has 6 nitrogen and oxygen atoms in total. The lowest BCUT2D eigenvalue weighted by atomic mass is 10.2. The largest absolute Gasteiger partial charge is 0.493 e. The van der Waals surface area contributed by atoms with Crippen LogP contribution in [0, 0.1) is 0 Å². The van der Waals surface area contributed by atoms with Gasteiger partial charge in [-0.2, -0.15) is 0 Å². The predicted octanol–water partition coefficient (Wildman–Crippen LogP) is 2.93. The standard InChI is InChI=1S/C22H26N2O4/c1-4-8-17-11-12-19(20(13-17)27-3)28-15-21(25)24-16(2)22(26)23-14-18-9-6-5-7-10-18/h4-13,16H,14-15H2,1-3H3,(H,23,26)(H,24,25). The SMILES string of the molecule is CC=Cc1ccc(OCC(=O)NC(C)C(=O)NCc2ccccc2)c(OC)c1. The number of ether oxygens (including phenoxy) is 2. The molecule has 0 spiro atoms. The van der Waals surface area contributed by atoms with E-state index in [1.165, 1.54) is 0 Å². The van der Waals surface area contributed by atoms with E-state index in [9.17, 15) is 9.59 Å². The van der Waals surface area contributed by atoms with E-state index in [-0.39, 0.29) is 18.4 Å². The maximum absolute atomic E-state index is 12.1. The normalized spacial score (nSPS) is 11.7. The van der Waals surface area contributed by atoms with Gasteiger partial charge in [0.05, 0.1) is 7.11 Å². The van der Waals surface area contributed by atoms with Crippen LogP contribution in [-0.2, 0) is 16.1 Å². The molecule has 28 heavy (non-hydrogen) atoms. The topological polar surface area (TPSA) is 76.7 Å². The fraction of sp³-hybridized carbons (Fsp3) is 0.273. The van der Waals surface area contributed by atoms with Crippen molar-refractivity contribution in [3.8, 4) is 11.5 Å². The molecule has 2 amide bonds. The van der Waals surface area contributed by atoms with Gasteiger partial charge in [0, 0.05) is 6.54 Å². The molecule has 2 rings (SSSR count). The van der Waals surface area contributed by atoms with Crippen LogP contribution in [0.25, 0.3) is 6.08 Å². The summed E-state index contributed by atoms with van der Waals surface area (Å²) in [4.78, 5) is 24.2. The first kappa shape index (κ1) is 21.0. The summed E-state index contributed by atoms with van der Waals surface area (Å²) >= 11 is 0. The van der Waals surface area contributed by atoms with Crippen LogP contribution in [0.15, 0.2) is 54.6 Å². The molecule has 0 aromatic heterocycles. The van der Waals surface area contributed by atoms with Crippen molar-refractivity contribution in [2.75, 3.05) is 13.7 Å². The summed E-state index contributed by atoms with van der Waals surface area (Å²) in [5.41, 5.74) is 1.96. The lowest BCUT2D eigenvalue weighted by molar-refractivity contribution is -0.129. The van der Waals surface area contributed by atoms with Gasteiger partial charge in [0.2, 0.25) is 5.91 Å². The zero-order valence-corrected chi connectivity index (χ0v) is 16.4. The fourth-order valence-electron chi connectivity index (χ4n) is 2.53. The Hall–Kier alpha value is -3.28. The van der Waals surface area contributed by atoms with Gasteiger partial charge < -0.3 is 20.1 Å². The van der Waals surface area contributed by atoms with Crippen LogP contribution in [0.5, 0.6) is 11.5 Å². The summed E-state index contributed by atoms with van der Waals surface area (Å²) in [6, 6.07) is 14.3. The summed E-state index contributed by atoms with van der Waals surface area (Å²) in [6.45, 7) is 3.75. The Balaban J connectivity index is 1.82.